The van der Waals surface area contributed by atoms with Crippen LogP contribution >= 0.6 is 0 Å². The number of nitrogens with one attached hydrogen (secondary N) is 1. The van der Waals surface area contributed by atoms with Crippen LogP contribution in [0.3, 0.4) is 0 Å². The predicted molar refractivity (Wildman–Crippen MR) is 82.9 cm³/mol. The summed E-state index contributed by atoms with van der Waals surface area (Å²) in [7, 11) is 1.89. The summed E-state index contributed by atoms with van der Waals surface area (Å²) < 4.78 is 13.0. The Morgan fingerprint density at radius 2 is 2.30 bits per heavy atom. The number of rotatable bonds is 4. The molecule has 0 bridgehead atoms. The molecule has 1 saturated heterocycles. The van der Waals surface area contributed by atoms with Crippen LogP contribution in [0.2, 0.25) is 0 Å². The Balaban J connectivity index is 1.65. The highest BCUT2D eigenvalue weighted by molar-refractivity contribution is 5.93. The Morgan fingerprint density at radius 1 is 1.48 bits per heavy atom. The number of oxazole rings is 1. The van der Waals surface area contributed by atoms with Crippen LogP contribution in [0.4, 0.5) is 0 Å². The van der Waals surface area contributed by atoms with Gasteiger partial charge >= 0.3 is 0 Å². The first-order valence-corrected chi connectivity index (χ1v) is 7.87. The van der Waals surface area contributed by atoms with Gasteiger partial charge in [-0.15, -0.1) is 0 Å². The highest BCUT2D eigenvalue weighted by atomic mass is 16.5. The molecular weight excluding hydrogens is 296 g/mol. The molecule has 3 heterocycles. The number of amides is 1. The van der Waals surface area contributed by atoms with Crippen LogP contribution in [0, 0.1) is 19.8 Å². The van der Waals surface area contributed by atoms with Gasteiger partial charge in [-0.3, -0.25) is 9.48 Å². The van der Waals surface area contributed by atoms with Crippen molar-refractivity contribution in [1.29, 1.82) is 0 Å². The highest BCUT2D eigenvalue weighted by Crippen LogP contribution is 2.32. The molecule has 1 fully saturated rings. The van der Waals surface area contributed by atoms with Gasteiger partial charge in [-0.1, -0.05) is 0 Å². The molecule has 2 aromatic rings. The van der Waals surface area contributed by atoms with E-state index in [1.807, 2.05) is 19.4 Å². The maximum absolute atomic E-state index is 12.3. The number of aromatic nitrogens is 3. The van der Waals surface area contributed by atoms with E-state index in [2.05, 4.69) is 15.4 Å². The molecule has 1 aliphatic heterocycles. The lowest BCUT2D eigenvalue weighted by molar-refractivity contribution is -0.0273. The zero-order valence-electron chi connectivity index (χ0n) is 13.7. The Bertz CT molecular complexity index is 691. The van der Waals surface area contributed by atoms with E-state index in [0.29, 0.717) is 23.9 Å². The van der Waals surface area contributed by atoms with E-state index in [-0.39, 0.29) is 17.9 Å². The quantitative estimate of drug-likeness (QED) is 0.931. The molecule has 3 rings (SSSR count). The fraction of sp³-hybridized carbons (Fsp3) is 0.562. The maximum Gasteiger partial charge on any atom is 0.273 e. The molecule has 2 atom stereocenters. The van der Waals surface area contributed by atoms with Crippen LogP contribution in [0.25, 0.3) is 0 Å². The molecule has 7 nitrogen and oxygen atoms in total. The molecule has 124 valence electrons. The predicted octanol–water partition coefficient (Wildman–Crippen LogP) is 1.92. The van der Waals surface area contributed by atoms with Gasteiger partial charge < -0.3 is 14.5 Å². The summed E-state index contributed by atoms with van der Waals surface area (Å²) in [6.07, 6.45) is 5.78. The number of carbonyl (C=O) groups is 1. The highest BCUT2D eigenvalue weighted by Gasteiger charge is 2.29. The first kappa shape index (κ1) is 15.7. The molecule has 1 amide bonds. The topological polar surface area (TPSA) is 82.2 Å². The van der Waals surface area contributed by atoms with Crippen molar-refractivity contribution in [2.45, 2.75) is 32.8 Å². The standard InChI is InChI=1S/C16H22N4O3/c1-10-14(19-11(2)23-10)16(21)17-7-12-5-4-6-22-15(12)13-8-18-20(3)9-13/h8-9,12,15H,4-7H2,1-3H3,(H,17,21)/t12-,15+/m0/s1. The summed E-state index contributed by atoms with van der Waals surface area (Å²) in [5.74, 6) is 1.07. The van der Waals surface area contributed by atoms with Gasteiger partial charge in [0.15, 0.2) is 11.6 Å². The molecule has 1 aliphatic rings. The van der Waals surface area contributed by atoms with Gasteiger partial charge in [0.05, 0.1) is 12.3 Å². The second-order valence-corrected chi connectivity index (χ2v) is 5.99. The minimum Gasteiger partial charge on any atom is -0.445 e. The van der Waals surface area contributed by atoms with E-state index in [0.717, 1.165) is 25.0 Å². The summed E-state index contributed by atoms with van der Waals surface area (Å²) in [4.78, 5) is 16.4. The molecule has 0 spiro atoms. The van der Waals surface area contributed by atoms with Crippen molar-refractivity contribution in [3.8, 4) is 0 Å². The Labute approximate surface area is 135 Å². The molecule has 0 aliphatic carbocycles. The van der Waals surface area contributed by atoms with Crippen LogP contribution in [0.1, 0.15) is 46.6 Å². The van der Waals surface area contributed by atoms with Crippen LogP contribution in [0.15, 0.2) is 16.8 Å². The van der Waals surface area contributed by atoms with Crippen LogP contribution in [-0.2, 0) is 11.8 Å². The van der Waals surface area contributed by atoms with Gasteiger partial charge in [-0.2, -0.15) is 5.10 Å². The first-order valence-electron chi connectivity index (χ1n) is 7.87. The zero-order chi connectivity index (χ0) is 16.4. The van der Waals surface area contributed by atoms with E-state index >= 15 is 0 Å². The second-order valence-electron chi connectivity index (χ2n) is 5.99. The average molecular weight is 318 g/mol. The molecular formula is C16H22N4O3. The van der Waals surface area contributed by atoms with Crippen molar-refractivity contribution in [3.05, 3.63) is 35.3 Å². The lowest BCUT2D eigenvalue weighted by atomic mass is 9.91. The number of nitrogens with zero attached hydrogens (tertiary/aromatic N) is 3. The number of hydrogen-bond acceptors (Lipinski definition) is 5. The van der Waals surface area contributed by atoms with E-state index in [1.54, 1.807) is 18.5 Å². The molecule has 7 heteroatoms. The van der Waals surface area contributed by atoms with E-state index < -0.39 is 0 Å². The Morgan fingerprint density at radius 3 is 2.96 bits per heavy atom. The third kappa shape index (κ3) is 3.44. The molecule has 0 aromatic carbocycles. The van der Waals surface area contributed by atoms with Crippen molar-refractivity contribution >= 4 is 5.91 Å². The van der Waals surface area contributed by atoms with Gasteiger partial charge in [-0.05, 0) is 19.8 Å². The van der Waals surface area contributed by atoms with E-state index in [1.165, 1.54) is 0 Å². The lowest BCUT2D eigenvalue weighted by Crippen LogP contribution is -2.35. The average Bonchev–Trinajstić information content (AvgIpc) is 3.10. The molecule has 0 radical (unpaired) electrons. The summed E-state index contributed by atoms with van der Waals surface area (Å²) in [5.41, 5.74) is 1.41. The minimum absolute atomic E-state index is 0.0297. The lowest BCUT2D eigenvalue weighted by Gasteiger charge is -2.31. The fourth-order valence-corrected chi connectivity index (χ4v) is 3.05. The zero-order valence-corrected chi connectivity index (χ0v) is 13.7. The molecule has 0 saturated carbocycles. The molecule has 0 unspecified atom stereocenters. The smallest absolute Gasteiger partial charge is 0.273 e. The largest absolute Gasteiger partial charge is 0.445 e. The number of hydrogen-bond donors (Lipinski definition) is 1. The minimum atomic E-state index is -0.199. The van der Waals surface area contributed by atoms with Crippen LogP contribution in [0.5, 0.6) is 0 Å². The third-order valence-electron chi connectivity index (χ3n) is 4.14. The van der Waals surface area contributed by atoms with Crippen LogP contribution in [-0.4, -0.2) is 33.8 Å². The number of aryl methyl sites for hydroxylation is 3. The molecule has 23 heavy (non-hydrogen) atoms. The van der Waals surface area contributed by atoms with E-state index in [4.69, 9.17) is 9.15 Å². The van der Waals surface area contributed by atoms with E-state index in [9.17, 15) is 4.79 Å². The Kier molecular flexibility index (Phi) is 4.47. The second kappa shape index (κ2) is 6.54. The van der Waals surface area contributed by atoms with Gasteiger partial charge in [0, 0.05) is 44.8 Å². The first-order chi connectivity index (χ1) is 11.0. The molecule has 2 aromatic heterocycles. The summed E-state index contributed by atoms with van der Waals surface area (Å²) in [6.45, 7) is 4.77. The Hall–Kier alpha value is -2.15. The summed E-state index contributed by atoms with van der Waals surface area (Å²) in [6, 6.07) is 0. The van der Waals surface area contributed by atoms with Gasteiger partial charge in [0.1, 0.15) is 5.76 Å². The van der Waals surface area contributed by atoms with Gasteiger partial charge in [0.25, 0.3) is 5.91 Å². The molecule has 1 N–H and O–H groups in total. The summed E-state index contributed by atoms with van der Waals surface area (Å²) in [5, 5.41) is 7.17. The van der Waals surface area contributed by atoms with Crippen molar-refractivity contribution in [1.82, 2.24) is 20.1 Å². The van der Waals surface area contributed by atoms with Crippen molar-refractivity contribution in [2.24, 2.45) is 13.0 Å². The number of carbonyl (C=O) groups excluding carboxylic acids is 1. The van der Waals surface area contributed by atoms with Gasteiger partial charge in [0.2, 0.25) is 0 Å². The van der Waals surface area contributed by atoms with Crippen molar-refractivity contribution < 1.29 is 13.9 Å². The monoisotopic (exact) mass is 318 g/mol. The van der Waals surface area contributed by atoms with Gasteiger partial charge in [-0.25, -0.2) is 4.98 Å². The normalized spacial score (nSPS) is 21.3. The number of ether oxygens (including phenoxy) is 1. The maximum atomic E-state index is 12.3. The van der Waals surface area contributed by atoms with Crippen molar-refractivity contribution in [3.63, 3.8) is 0 Å². The third-order valence-corrected chi connectivity index (χ3v) is 4.14. The van der Waals surface area contributed by atoms with Crippen LogP contribution < -0.4 is 5.32 Å². The summed E-state index contributed by atoms with van der Waals surface area (Å²) >= 11 is 0. The SMILES string of the molecule is Cc1nc(C(=O)NC[C@@H]2CCCO[C@H]2c2cnn(C)c2)c(C)o1. The van der Waals surface area contributed by atoms with Crippen molar-refractivity contribution in [2.75, 3.05) is 13.2 Å². The fourth-order valence-electron chi connectivity index (χ4n) is 3.05.